The Morgan fingerprint density at radius 2 is 2.46 bits per heavy atom. The predicted molar refractivity (Wildman–Crippen MR) is 49.5 cm³/mol. The molecule has 70 valence electrons. The molecule has 0 saturated carbocycles. The quantitative estimate of drug-likeness (QED) is 0.540. The van der Waals surface area contributed by atoms with Gasteiger partial charge in [-0.25, -0.2) is 5.10 Å². The van der Waals surface area contributed by atoms with Crippen LogP contribution in [0.2, 0.25) is 0 Å². The molecule has 2 heterocycles. The summed E-state index contributed by atoms with van der Waals surface area (Å²) in [6.45, 7) is 1.92. The number of nitrogens with zero attached hydrogens (tertiary/aromatic N) is 1. The second kappa shape index (κ2) is 3.18. The van der Waals surface area contributed by atoms with Gasteiger partial charge in [-0.05, 0) is 19.0 Å². The van der Waals surface area contributed by atoms with E-state index in [9.17, 15) is 4.79 Å². The Labute approximate surface area is 75.3 Å². The molecule has 13 heavy (non-hydrogen) atoms. The summed E-state index contributed by atoms with van der Waals surface area (Å²) in [5.41, 5.74) is 6.30. The Hall–Kier alpha value is -1.36. The fourth-order valence-electron chi connectivity index (χ4n) is 1.55. The third-order valence-electron chi connectivity index (χ3n) is 2.33. The van der Waals surface area contributed by atoms with E-state index in [1.54, 1.807) is 6.07 Å². The van der Waals surface area contributed by atoms with Gasteiger partial charge in [0.1, 0.15) is 5.69 Å². The molecule has 2 rings (SSSR count). The SMILES string of the molecule is Nc1cc(C2CCNC2)n[nH]c1=O. The lowest BCUT2D eigenvalue weighted by Crippen LogP contribution is -2.17. The van der Waals surface area contributed by atoms with Gasteiger partial charge in [-0.3, -0.25) is 4.79 Å². The summed E-state index contributed by atoms with van der Waals surface area (Å²) in [4.78, 5) is 10.9. The van der Waals surface area contributed by atoms with Crippen molar-refractivity contribution in [2.24, 2.45) is 0 Å². The van der Waals surface area contributed by atoms with Gasteiger partial charge in [0.2, 0.25) is 0 Å². The van der Waals surface area contributed by atoms with Crippen molar-refractivity contribution >= 4 is 5.69 Å². The lowest BCUT2D eigenvalue weighted by molar-refractivity contribution is 0.711. The van der Waals surface area contributed by atoms with E-state index in [1.165, 1.54) is 0 Å². The molecule has 1 unspecified atom stereocenters. The topological polar surface area (TPSA) is 83.8 Å². The van der Waals surface area contributed by atoms with E-state index in [2.05, 4.69) is 15.5 Å². The molecule has 0 radical (unpaired) electrons. The van der Waals surface area contributed by atoms with E-state index in [4.69, 9.17) is 5.73 Å². The number of nitrogens with one attached hydrogen (secondary N) is 2. The summed E-state index contributed by atoms with van der Waals surface area (Å²) in [6.07, 6.45) is 1.05. The van der Waals surface area contributed by atoms with Crippen molar-refractivity contribution in [3.63, 3.8) is 0 Å². The lowest BCUT2D eigenvalue weighted by Gasteiger charge is -2.06. The Morgan fingerprint density at radius 3 is 3.08 bits per heavy atom. The smallest absolute Gasteiger partial charge is 0.287 e. The minimum atomic E-state index is -0.310. The normalized spacial score (nSPS) is 22.0. The molecule has 1 aliphatic rings. The highest BCUT2D eigenvalue weighted by Gasteiger charge is 2.18. The first-order valence-electron chi connectivity index (χ1n) is 4.33. The van der Waals surface area contributed by atoms with Crippen LogP contribution < -0.4 is 16.6 Å². The average Bonchev–Trinajstić information content (AvgIpc) is 2.62. The summed E-state index contributed by atoms with van der Waals surface area (Å²) in [5.74, 6) is 0.388. The molecule has 4 N–H and O–H groups in total. The van der Waals surface area contributed by atoms with Crippen LogP contribution in [0.25, 0.3) is 0 Å². The Kier molecular flexibility index (Phi) is 2.02. The fourth-order valence-corrected chi connectivity index (χ4v) is 1.55. The number of anilines is 1. The molecule has 1 saturated heterocycles. The number of rotatable bonds is 1. The summed E-state index contributed by atoms with van der Waals surface area (Å²) in [6, 6.07) is 1.66. The van der Waals surface area contributed by atoms with Crippen molar-refractivity contribution in [3.05, 3.63) is 22.1 Å². The third-order valence-corrected chi connectivity index (χ3v) is 2.33. The van der Waals surface area contributed by atoms with Crippen LogP contribution >= 0.6 is 0 Å². The van der Waals surface area contributed by atoms with Crippen LogP contribution in [0.3, 0.4) is 0 Å². The first kappa shape index (κ1) is 8.25. The van der Waals surface area contributed by atoms with Crippen LogP contribution in [0.5, 0.6) is 0 Å². The second-order valence-corrected chi connectivity index (χ2v) is 3.27. The minimum absolute atomic E-state index is 0.247. The molecule has 1 aliphatic heterocycles. The molecular formula is C8H12N4O. The average molecular weight is 180 g/mol. The van der Waals surface area contributed by atoms with Gasteiger partial charge in [-0.1, -0.05) is 0 Å². The number of hydrogen-bond donors (Lipinski definition) is 3. The zero-order valence-electron chi connectivity index (χ0n) is 7.21. The third kappa shape index (κ3) is 1.55. The number of aromatic nitrogens is 2. The molecule has 5 heteroatoms. The van der Waals surface area contributed by atoms with Crippen molar-refractivity contribution in [2.45, 2.75) is 12.3 Å². The van der Waals surface area contributed by atoms with Gasteiger partial charge in [-0.15, -0.1) is 0 Å². The van der Waals surface area contributed by atoms with Crippen molar-refractivity contribution in [1.82, 2.24) is 15.5 Å². The molecule has 0 aliphatic carbocycles. The molecule has 1 atom stereocenters. The monoisotopic (exact) mass is 180 g/mol. The highest BCUT2D eigenvalue weighted by atomic mass is 16.1. The number of H-pyrrole nitrogens is 1. The van der Waals surface area contributed by atoms with Gasteiger partial charge >= 0.3 is 0 Å². The molecule has 0 bridgehead atoms. The fraction of sp³-hybridized carbons (Fsp3) is 0.500. The summed E-state index contributed by atoms with van der Waals surface area (Å²) in [7, 11) is 0. The zero-order chi connectivity index (χ0) is 9.26. The van der Waals surface area contributed by atoms with E-state index in [1.807, 2.05) is 0 Å². The van der Waals surface area contributed by atoms with E-state index in [-0.39, 0.29) is 11.2 Å². The predicted octanol–water partition coefficient (Wildman–Crippen LogP) is -0.571. The van der Waals surface area contributed by atoms with Gasteiger partial charge in [0.15, 0.2) is 0 Å². The Balaban J connectivity index is 2.30. The van der Waals surface area contributed by atoms with E-state index in [0.29, 0.717) is 5.92 Å². The number of nitrogen functional groups attached to an aromatic ring is 1. The van der Waals surface area contributed by atoms with Crippen LogP contribution in [0.15, 0.2) is 10.9 Å². The van der Waals surface area contributed by atoms with Gasteiger partial charge in [0.25, 0.3) is 5.56 Å². The van der Waals surface area contributed by atoms with Crippen LogP contribution in [-0.2, 0) is 0 Å². The van der Waals surface area contributed by atoms with Crippen LogP contribution in [0.1, 0.15) is 18.0 Å². The summed E-state index contributed by atoms with van der Waals surface area (Å²) >= 11 is 0. The van der Waals surface area contributed by atoms with Crippen molar-refractivity contribution in [3.8, 4) is 0 Å². The standard InChI is InChI=1S/C8H12N4O/c9-6-3-7(11-12-8(6)13)5-1-2-10-4-5/h3,5,10H,1-2,4H2,(H2,9,11)(H,12,13). The van der Waals surface area contributed by atoms with Gasteiger partial charge < -0.3 is 11.1 Å². The molecule has 1 aromatic heterocycles. The van der Waals surface area contributed by atoms with Crippen molar-refractivity contribution < 1.29 is 0 Å². The summed E-state index contributed by atoms with van der Waals surface area (Å²) in [5, 5.41) is 9.58. The second-order valence-electron chi connectivity index (χ2n) is 3.27. The molecule has 0 amide bonds. The molecule has 0 spiro atoms. The van der Waals surface area contributed by atoms with Crippen LogP contribution in [0.4, 0.5) is 5.69 Å². The zero-order valence-corrected chi connectivity index (χ0v) is 7.21. The Bertz CT molecular complexity index is 353. The minimum Gasteiger partial charge on any atom is -0.394 e. The number of nitrogens with two attached hydrogens (primary N) is 1. The summed E-state index contributed by atoms with van der Waals surface area (Å²) < 4.78 is 0. The molecule has 1 aromatic rings. The number of hydrogen-bond acceptors (Lipinski definition) is 4. The van der Waals surface area contributed by atoms with E-state index < -0.39 is 0 Å². The highest BCUT2D eigenvalue weighted by Crippen LogP contribution is 2.19. The maximum atomic E-state index is 10.9. The van der Waals surface area contributed by atoms with Crippen molar-refractivity contribution in [2.75, 3.05) is 18.8 Å². The number of aromatic amines is 1. The first-order valence-corrected chi connectivity index (χ1v) is 4.33. The highest BCUT2D eigenvalue weighted by molar-refractivity contribution is 5.36. The molecule has 5 nitrogen and oxygen atoms in total. The first-order chi connectivity index (χ1) is 6.27. The van der Waals surface area contributed by atoms with Gasteiger partial charge in [0, 0.05) is 12.5 Å². The largest absolute Gasteiger partial charge is 0.394 e. The lowest BCUT2D eigenvalue weighted by atomic mass is 10.0. The maximum absolute atomic E-state index is 10.9. The van der Waals surface area contributed by atoms with Gasteiger partial charge in [-0.2, -0.15) is 5.10 Å². The Morgan fingerprint density at radius 1 is 1.62 bits per heavy atom. The van der Waals surface area contributed by atoms with Crippen LogP contribution in [-0.4, -0.2) is 23.3 Å². The van der Waals surface area contributed by atoms with Crippen LogP contribution in [0, 0.1) is 0 Å². The molecule has 0 aromatic carbocycles. The van der Waals surface area contributed by atoms with E-state index >= 15 is 0 Å². The van der Waals surface area contributed by atoms with Crippen molar-refractivity contribution in [1.29, 1.82) is 0 Å². The van der Waals surface area contributed by atoms with Gasteiger partial charge in [0.05, 0.1) is 5.69 Å². The molecular weight excluding hydrogens is 168 g/mol. The maximum Gasteiger partial charge on any atom is 0.287 e. The molecule has 1 fully saturated rings. The van der Waals surface area contributed by atoms with E-state index in [0.717, 1.165) is 25.2 Å².